The van der Waals surface area contributed by atoms with Crippen molar-refractivity contribution in [2.45, 2.75) is 31.7 Å². The molecule has 1 heterocycles. The topological polar surface area (TPSA) is 24.9 Å². The van der Waals surface area contributed by atoms with Crippen LogP contribution >= 0.6 is 22.9 Å². The Hall–Kier alpha value is -0.120. The standard InChI is InChI=1S/C10H15ClN2S/c1-7-13-9(6-14-7)4-12-5-10(11)8-2-3-8/h6,8,10,12H,2-5H2,1H3. The van der Waals surface area contributed by atoms with Crippen LogP contribution in [0.3, 0.4) is 0 Å². The van der Waals surface area contributed by atoms with Gasteiger partial charge in [0, 0.05) is 23.8 Å². The molecule has 0 amide bonds. The van der Waals surface area contributed by atoms with Crippen LogP contribution in [0.15, 0.2) is 5.38 Å². The maximum absolute atomic E-state index is 6.17. The quantitative estimate of drug-likeness (QED) is 0.787. The normalized spacial score (nSPS) is 18.4. The summed E-state index contributed by atoms with van der Waals surface area (Å²) in [6, 6.07) is 0. The Morgan fingerprint density at radius 2 is 2.50 bits per heavy atom. The molecule has 0 radical (unpaired) electrons. The van der Waals surface area contributed by atoms with Crippen LogP contribution in [0.5, 0.6) is 0 Å². The number of halogens is 1. The minimum absolute atomic E-state index is 0.315. The van der Waals surface area contributed by atoms with Crippen LogP contribution in [0.1, 0.15) is 23.5 Å². The number of rotatable bonds is 5. The molecule has 0 aromatic carbocycles. The van der Waals surface area contributed by atoms with Gasteiger partial charge in [0.1, 0.15) is 0 Å². The van der Waals surface area contributed by atoms with E-state index in [1.807, 2.05) is 6.92 Å². The molecular weight excluding hydrogens is 216 g/mol. The first-order chi connectivity index (χ1) is 6.75. The zero-order valence-corrected chi connectivity index (χ0v) is 9.87. The number of alkyl halides is 1. The monoisotopic (exact) mass is 230 g/mol. The SMILES string of the molecule is Cc1nc(CNCC(Cl)C2CC2)cs1. The lowest BCUT2D eigenvalue weighted by Gasteiger charge is -2.07. The van der Waals surface area contributed by atoms with Crippen molar-refractivity contribution in [3.05, 3.63) is 16.1 Å². The van der Waals surface area contributed by atoms with Gasteiger partial charge in [-0.3, -0.25) is 0 Å². The number of hydrogen-bond donors (Lipinski definition) is 1. The lowest BCUT2D eigenvalue weighted by molar-refractivity contribution is 0.614. The van der Waals surface area contributed by atoms with E-state index in [-0.39, 0.29) is 0 Å². The Labute approximate surface area is 93.7 Å². The molecule has 1 unspecified atom stereocenters. The van der Waals surface area contributed by atoms with Gasteiger partial charge >= 0.3 is 0 Å². The van der Waals surface area contributed by atoms with Gasteiger partial charge in [0.05, 0.1) is 10.7 Å². The number of aromatic nitrogens is 1. The molecule has 1 fully saturated rings. The van der Waals surface area contributed by atoms with Crippen LogP contribution < -0.4 is 5.32 Å². The molecule has 2 nitrogen and oxygen atoms in total. The Morgan fingerprint density at radius 1 is 1.71 bits per heavy atom. The summed E-state index contributed by atoms with van der Waals surface area (Å²) in [5.74, 6) is 0.765. The summed E-state index contributed by atoms with van der Waals surface area (Å²) in [6.45, 7) is 3.78. The Bertz CT molecular complexity index is 296. The Kier molecular flexibility index (Phi) is 3.42. The third kappa shape index (κ3) is 2.94. The van der Waals surface area contributed by atoms with Crippen molar-refractivity contribution < 1.29 is 0 Å². The fourth-order valence-corrected chi connectivity index (χ4v) is 2.43. The third-order valence-electron chi connectivity index (χ3n) is 2.45. The molecule has 14 heavy (non-hydrogen) atoms. The first kappa shape index (κ1) is 10.4. The zero-order chi connectivity index (χ0) is 9.97. The van der Waals surface area contributed by atoms with Gasteiger partial charge in [0.2, 0.25) is 0 Å². The molecule has 0 aliphatic heterocycles. The highest BCUT2D eigenvalue weighted by molar-refractivity contribution is 7.09. The molecule has 0 saturated heterocycles. The lowest BCUT2D eigenvalue weighted by Crippen LogP contribution is -2.24. The van der Waals surface area contributed by atoms with Crippen LogP contribution in [-0.2, 0) is 6.54 Å². The second-order valence-corrected chi connectivity index (χ2v) is 5.46. The van der Waals surface area contributed by atoms with E-state index in [0.29, 0.717) is 5.38 Å². The van der Waals surface area contributed by atoms with Gasteiger partial charge in [-0.05, 0) is 25.7 Å². The fourth-order valence-electron chi connectivity index (χ4n) is 1.45. The second-order valence-electron chi connectivity index (χ2n) is 3.84. The van der Waals surface area contributed by atoms with Crippen LogP contribution in [0.4, 0.5) is 0 Å². The molecule has 1 saturated carbocycles. The van der Waals surface area contributed by atoms with Gasteiger partial charge in [-0.15, -0.1) is 22.9 Å². The van der Waals surface area contributed by atoms with Crippen LogP contribution in [0.2, 0.25) is 0 Å². The molecule has 0 bridgehead atoms. The minimum atomic E-state index is 0.315. The molecule has 1 aromatic rings. The summed E-state index contributed by atoms with van der Waals surface area (Å²) >= 11 is 7.87. The summed E-state index contributed by atoms with van der Waals surface area (Å²) < 4.78 is 0. The highest BCUT2D eigenvalue weighted by Crippen LogP contribution is 2.35. The molecule has 78 valence electrons. The zero-order valence-electron chi connectivity index (χ0n) is 8.29. The van der Waals surface area contributed by atoms with Gasteiger partial charge in [0.25, 0.3) is 0 Å². The third-order valence-corrected chi connectivity index (χ3v) is 3.78. The van der Waals surface area contributed by atoms with Gasteiger partial charge in [-0.2, -0.15) is 0 Å². The summed E-state index contributed by atoms with van der Waals surface area (Å²) in [4.78, 5) is 4.38. The van der Waals surface area contributed by atoms with Crippen LogP contribution in [0.25, 0.3) is 0 Å². The van der Waals surface area contributed by atoms with Crippen molar-refractivity contribution in [2.75, 3.05) is 6.54 Å². The molecule has 0 spiro atoms. The Balaban J connectivity index is 1.67. The van der Waals surface area contributed by atoms with E-state index in [0.717, 1.165) is 29.7 Å². The average Bonchev–Trinajstić information content (AvgIpc) is 2.92. The highest BCUT2D eigenvalue weighted by atomic mass is 35.5. The average molecular weight is 231 g/mol. The van der Waals surface area contributed by atoms with Crippen LogP contribution in [0, 0.1) is 12.8 Å². The van der Waals surface area contributed by atoms with Crippen molar-refractivity contribution in [3.63, 3.8) is 0 Å². The largest absolute Gasteiger partial charge is 0.310 e. The van der Waals surface area contributed by atoms with Crippen molar-refractivity contribution in [3.8, 4) is 0 Å². The number of thiazole rings is 1. The molecule has 1 N–H and O–H groups in total. The smallest absolute Gasteiger partial charge is 0.0897 e. The predicted molar refractivity (Wildman–Crippen MR) is 60.9 cm³/mol. The lowest BCUT2D eigenvalue weighted by atomic mass is 10.3. The Morgan fingerprint density at radius 3 is 3.07 bits per heavy atom. The van der Waals surface area contributed by atoms with Gasteiger partial charge < -0.3 is 5.32 Å². The first-order valence-electron chi connectivity index (χ1n) is 5.01. The summed E-state index contributed by atoms with van der Waals surface area (Å²) in [5, 5.41) is 6.89. The molecule has 4 heteroatoms. The fraction of sp³-hybridized carbons (Fsp3) is 0.700. The van der Waals surface area contributed by atoms with Gasteiger partial charge in [-0.25, -0.2) is 4.98 Å². The van der Waals surface area contributed by atoms with E-state index < -0.39 is 0 Å². The summed E-state index contributed by atoms with van der Waals surface area (Å²) in [6.07, 6.45) is 2.62. The van der Waals surface area contributed by atoms with E-state index in [1.54, 1.807) is 11.3 Å². The maximum atomic E-state index is 6.17. The predicted octanol–water partition coefficient (Wildman–Crippen LogP) is 2.56. The minimum Gasteiger partial charge on any atom is -0.310 e. The first-order valence-corrected chi connectivity index (χ1v) is 6.33. The van der Waals surface area contributed by atoms with E-state index >= 15 is 0 Å². The number of aryl methyl sites for hydroxylation is 1. The molecule has 2 rings (SSSR count). The maximum Gasteiger partial charge on any atom is 0.0897 e. The number of nitrogens with one attached hydrogen (secondary N) is 1. The van der Waals surface area contributed by atoms with Crippen molar-refractivity contribution >= 4 is 22.9 Å². The van der Waals surface area contributed by atoms with Crippen molar-refractivity contribution in [2.24, 2.45) is 5.92 Å². The molecule has 1 atom stereocenters. The second kappa shape index (κ2) is 4.60. The van der Waals surface area contributed by atoms with Crippen molar-refractivity contribution in [1.29, 1.82) is 0 Å². The molecule has 1 aliphatic carbocycles. The summed E-state index contributed by atoms with van der Waals surface area (Å²) in [5.41, 5.74) is 1.13. The number of hydrogen-bond acceptors (Lipinski definition) is 3. The highest BCUT2D eigenvalue weighted by Gasteiger charge is 2.29. The van der Waals surface area contributed by atoms with Crippen LogP contribution in [-0.4, -0.2) is 16.9 Å². The van der Waals surface area contributed by atoms with Gasteiger partial charge in [0.15, 0.2) is 0 Å². The molecular formula is C10H15ClN2S. The van der Waals surface area contributed by atoms with E-state index in [2.05, 4.69) is 15.7 Å². The molecule has 1 aliphatic rings. The summed E-state index contributed by atoms with van der Waals surface area (Å²) in [7, 11) is 0. The van der Waals surface area contributed by atoms with Crippen molar-refractivity contribution in [1.82, 2.24) is 10.3 Å². The van der Waals surface area contributed by atoms with E-state index in [1.165, 1.54) is 12.8 Å². The van der Waals surface area contributed by atoms with Gasteiger partial charge in [-0.1, -0.05) is 0 Å². The number of nitrogens with zero attached hydrogens (tertiary/aromatic N) is 1. The van der Waals surface area contributed by atoms with E-state index in [9.17, 15) is 0 Å². The van der Waals surface area contributed by atoms with E-state index in [4.69, 9.17) is 11.6 Å². The molecule has 1 aromatic heterocycles.